The summed E-state index contributed by atoms with van der Waals surface area (Å²) < 4.78 is 0. The minimum Gasteiger partial charge on any atom is -0.359 e. The van der Waals surface area contributed by atoms with E-state index in [1.165, 1.54) is 0 Å². The molecule has 19 heavy (non-hydrogen) atoms. The number of hydrogen-bond acceptors (Lipinski definition) is 5. The Kier molecular flexibility index (Phi) is 4.58. The first kappa shape index (κ1) is 14.1. The molecule has 0 aliphatic carbocycles. The summed E-state index contributed by atoms with van der Waals surface area (Å²) in [4.78, 5) is 13.3. The second-order valence-electron chi connectivity index (χ2n) is 5.83. The average Bonchev–Trinajstić information content (AvgIpc) is 2.39. The normalized spacial score (nSPS) is 17.0. The van der Waals surface area contributed by atoms with Crippen LogP contribution in [0.15, 0.2) is 12.4 Å². The zero-order chi connectivity index (χ0) is 13.8. The second-order valence-corrected chi connectivity index (χ2v) is 5.83. The molecule has 1 aromatic heterocycles. The van der Waals surface area contributed by atoms with Crippen LogP contribution in [0.3, 0.4) is 0 Å². The molecule has 5 nitrogen and oxygen atoms in total. The topological polar surface area (TPSA) is 58.3 Å². The van der Waals surface area contributed by atoms with Gasteiger partial charge in [0, 0.05) is 38.8 Å². The molecule has 0 amide bonds. The monoisotopic (exact) mass is 263 g/mol. The fraction of sp³-hybridized carbons (Fsp3) is 0.714. The summed E-state index contributed by atoms with van der Waals surface area (Å²) in [6.07, 6.45) is 3.75. The van der Waals surface area contributed by atoms with Crippen LogP contribution >= 0.6 is 0 Å². The van der Waals surface area contributed by atoms with Gasteiger partial charge in [0.05, 0.1) is 0 Å². The summed E-state index contributed by atoms with van der Waals surface area (Å²) in [5.41, 5.74) is 5.94. The molecule has 0 unspecified atom stereocenters. The quantitative estimate of drug-likeness (QED) is 0.892. The van der Waals surface area contributed by atoms with Crippen molar-refractivity contribution in [2.24, 2.45) is 11.7 Å². The molecule has 1 fully saturated rings. The van der Waals surface area contributed by atoms with Gasteiger partial charge in [-0.2, -0.15) is 0 Å². The number of anilines is 2. The van der Waals surface area contributed by atoms with Crippen LogP contribution in [-0.4, -0.2) is 42.7 Å². The lowest BCUT2D eigenvalue weighted by Crippen LogP contribution is -2.40. The largest absolute Gasteiger partial charge is 0.359 e. The molecule has 1 saturated heterocycles. The maximum Gasteiger partial charge on any atom is 0.134 e. The Morgan fingerprint density at radius 2 is 2.05 bits per heavy atom. The third-order valence-electron chi connectivity index (χ3n) is 3.53. The first-order valence-corrected chi connectivity index (χ1v) is 7.10. The summed E-state index contributed by atoms with van der Waals surface area (Å²) in [6, 6.07) is 2.43. The SMILES string of the molecule is CC(C)CN(C)c1cc(N2CCC(N)CC2)ncn1. The van der Waals surface area contributed by atoms with Gasteiger partial charge in [0.15, 0.2) is 0 Å². The lowest BCUT2D eigenvalue weighted by molar-refractivity contribution is 0.498. The van der Waals surface area contributed by atoms with E-state index in [2.05, 4.69) is 46.7 Å². The van der Waals surface area contributed by atoms with Crippen LogP contribution in [0.2, 0.25) is 0 Å². The van der Waals surface area contributed by atoms with Gasteiger partial charge in [-0.05, 0) is 18.8 Å². The summed E-state index contributed by atoms with van der Waals surface area (Å²) in [7, 11) is 2.08. The minimum atomic E-state index is 0.348. The molecule has 0 bridgehead atoms. The van der Waals surface area contributed by atoms with Crippen molar-refractivity contribution in [3.63, 3.8) is 0 Å². The first-order chi connectivity index (χ1) is 9.06. The summed E-state index contributed by atoms with van der Waals surface area (Å²) in [6.45, 7) is 7.41. The number of nitrogens with zero attached hydrogens (tertiary/aromatic N) is 4. The third-order valence-corrected chi connectivity index (χ3v) is 3.53. The van der Waals surface area contributed by atoms with Gasteiger partial charge in [0.1, 0.15) is 18.0 Å². The molecule has 0 atom stereocenters. The van der Waals surface area contributed by atoms with Crippen molar-refractivity contribution in [2.75, 3.05) is 36.5 Å². The summed E-state index contributed by atoms with van der Waals surface area (Å²) >= 11 is 0. The molecule has 1 aliphatic rings. The predicted molar refractivity (Wildman–Crippen MR) is 79.6 cm³/mol. The second kappa shape index (κ2) is 6.19. The standard InChI is InChI=1S/C14H25N5/c1-11(2)9-18(3)13-8-14(17-10-16-13)19-6-4-12(15)5-7-19/h8,10-12H,4-7,9,15H2,1-3H3. The summed E-state index contributed by atoms with van der Waals surface area (Å²) in [5, 5.41) is 0. The molecular weight excluding hydrogens is 238 g/mol. The number of piperidine rings is 1. The van der Waals surface area contributed by atoms with E-state index in [0.29, 0.717) is 12.0 Å². The lowest BCUT2D eigenvalue weighted by atomic mass is 10.1. The number of hydrogen-bond donors (Lipinski definition) is 1. The van der Waals surface area contributed by atoms with E-state index in [4.69, 9.17) is 5.73 Å². The maximum absolute atomic E-state index is 5.94. The molecule has 1 aliphatic heterocycles. The van der Waals surface area contributed by atoms with E-state index in [9.17, 15) is 0 Å². The Morgan fingerprint density at radius 1 is 1.37 bits per heavy atom. The van der Waals surface area contributed by atoms with E-state index in [1.807, 2.05) is 0 Å². The van der Waals surface area contributed by atoms with Crippen LogP contribution in [0.25, 0.3) is 0 Å². The molecule has 106 valence electrons. The predicted octanol–water partition coefficient (Wildman–Crippen LogP) is 1.50. The van der Waals surface area contributed by atoms with Crippen molar-refractivity contribution in [2.45, 2.75) is 32.7 Å². The van der Waals surface area contributed by atoms with Crippen molar-refractivity contribution in [1.29, 1.82) is 0 Å². The van der Waals surface area contributed by atoms with Gasteiger partial charge in [0.2, 0.25) is 0 Å². The van der Waals surface area contributed by atoms with Gasteiger partial charge in [-0.25, -0.2) is 9.97 Å². The molecule has 0 radical (unpaired) electrons. The van der Waals surface area contributed by atoms with Gasteiger partial charge in [0.25, 0.3) is 0 Å². The highest BCUT2D eigenvalue weighted by Crippen LogP contribution is 2.20. The Morgan fingerprint density at radius 3 is 2.68 bits per heavy atom. The van der Waals surface area contributed by atoms with Crippen molar-refractivity contribution in [1.82, 2.24) is 9.97 Å². The highest BCUT2D eigenvalue weighted by molar-refractivity contribution is 5.50. The fourth-order valence-electron chi connectivity index (χ4n) is 2.49. The fourth-order valence-corrected chi connectivity index (χ4v) is 2.49. The molecule has 0 saturated carbocycles. The van der Waals surface area contributed by atoms with E-state index in [0.717, 1.165) is 44.1 Å². The van der Waals surface area contributed by atoms with E-state index in [-0.39, 0.29) is 0 Å². The van der Waals surface area contributed by atoms with Crippen LogP contribution in [0, 0.1) is 5.92 Å². The van der Waals surface area contributed by atoms with Gasteiger partial charge in [-0.3, -0.25) is 0 Å². The van der Waals surface area contributed by atoms with Gasteiger partial charge in [-0.15, -0.1) is 0 Å². The molecular formula is C14H25N5. The van der Waals surface area contributed by atoms with Crippen LogP contribution in [0.1, 0.15) is 26.7 Å². The highest BCUT2D eigenvalue weighted by atomic mass is 15.2. The van der Waals surface area contributed by atoms with Crippen molar-refractivity contribution in [3.05, 3.63) is 12.4 Å². The Labute approximate surface area is 115 Å². The molecule has 2 heterocycles. The van der Waals surface area contributed by atoms with Crippen molar-refractivity contribution in [3.8, 4) is 0 Å². The van der Waals surface area contributed by atoms with Gasteiger partial charge in [-0.1, -0.05) is 13.8 Å². The van der Waals surface area contributed by atoms with E-state index >= 15 is 0 Å². The van der Waals surface area contributed by atoms with Crippen LogP contribution in [-0.2, 0) is 0 Å². The Bertz CT molecular complexity index is 399. The van der Waals surface area contributed by atoms with Gasteiger partial charge < -0.3 is 15.5 Å². The Hall–Kier alpha value is -1.36. The van der Waals surface area contributed by atoms with Gasteiger partial charge >= 0.3 is 0 Å². The van der Waals surface area contributed by atoms with Crippen molar-refractivity contribution < 1.29 is 0 Å². The van der Waals surface area contributed by atoms with E-state index in [1.54, 1.807) is 6.33 Å². The molecule has 1 aromatic rings. The highest BCUT2D eigenvalue weighted by Gasteiger charge is 2.18. The first-order valence-electron chi connectivity index (χ1n) is 7.10. The minimum absolute atomic E-state index is 0.348. The summed E-state index contributed by atoms with van der Waals surface area (Å²) in [5.74, 6) is 2.64. The van der Waals surface area contributed by atoms with Crippen LogP contribution in [0.4, 0.5) is 11.6 Å². The maximum atomic E-state index is 5.94. The smallest absolute Gasteiger partial charge is 0.134 e. The lowest BCUT2D eigenvalue weighted by Gasteiger charge is -2.31. The molecule has 2 rings (SSSR count). The van der Waals surface area contributed by atoms with E-state index < -0.39 is 0 Å². The Balaban J connectivity index is 2.06. The molecule has 5 heteroatoms. The number of aromatic nitrogens is 2. The zero-order valence-corrected chi connectivity index (χ0v) is 12.2. The third kappa shape index (κ3) is 3.80. The number of nitrogens with two attached hydrogens (primary N) is 1. The molecule has 2 N–H and O–H groups in total. The van der Waals surface area contributed by atoms with Crippen molar-refractivity contribution >= 4 is 11.6 Å². The zero-order valence-electron chi connectivity index (χ0n) is 12.2. The van der Waals surface area contributed by atoms with Crippen LogP contribution < -0.4 is 15.5 Å². The average molecular weight is 263 g/mol. The molecule has 0 spiro atoms. The number of rotatable bonds is 4. The molecule has 0 aromatic carbocycles. The van der Waals surface area contributed by atoms with Crippen LogP contribution in [0.5, 0.6) is 0 Å².